The van der Waals surface area contributed by atoms with E-state index in [1.807, 2.05) is 23.1 Å². The number of para-hydroxylation sites is 1. The lowest BCUT2D eigenvalue weighted by Gasteiger charge is -2.37. The minimum Gasteiger partial charge on any atom is -0.496 e. The molecule has 1 saturated heterocycles. The van der Waals surface area contributed by atoms with Crippen molar-refractivity contribution in [2.24, 2.45) is 5.92 Å². The highest BCUT2D eigenvalue weighted by molar-refractivity contribution is 5.85. The SMILES string of the molecule is COc1ccccc1C1CNCCN1C(=O)CCC1CC1.Cl. The van der Waals surface area contributed by atoms with Crippen molar-refractivity contribution in [3.8, 4) is 5.75 Å². The monoisotopic (exact) mass is 324 g/mol. The first-order valence-electron chi connectivity index (χ1n) is 7.92. The van der Waals surface area contributed by atoms with Crippen molar-refractivity contribution in [2.75, 3.05) is 26.7 Å². The van der Waals surface area contributed by atoms with Crippen LogP contribution in [0, 0.1) is 5.92 Å². The van der Waals surface area contributed by atoms with Crippen molar-refractivity contribution < 1.29 is 9.53 Å². The number of ether oxygens (including phenoxy) is 1. The van der Waals surface area contributed by atoms with Crippen LogP contribution >= 0.6 is 12.4 Å². The maximum atomic E-state index is 12.6. The molecule has 1 aliphatic carbocycles. The van der Waals surface area contributed by atoms with Crippen LogP contribution in [0.4, 0.5) is 0 Å². The van der Waals surface area contributed by atoms with Crippen LogP contribution in [-0.4, -0.2) is 37.6 Å². The van der Waals surface area contributed by atoms with E-state index in [0.717, 1.165) is 43.3 Å². The highest BCUT2D eigenvalue weighted by Gasteiger charge is 2.30. The summed E-state index contributed by atoms with van der Waals surface area (Å²) in [6, 6.07) is 8.10. The molecule has 0 bridgehead atoms. The number of amides is 1. The molecule has 4 nitrogen and oxygen atoms in total. The molecular formula is C17H25ClN2O2. The third-order valence-electron chi connectivity index (χ3n) is 4.53. The summed E-state index contributed by atoms with van der Waals surface area (Å²) in [6.07, 6.45) is 4.37. The summed E-state index contributed by atoms with van der Waals surface area (Å²) < 4.78 is 5.47. The summed E-state index contributed by atoms with van der Waals surface area (Å²) in [5.74, 6) is 1.96. The van der Waals surface area contributed by atoms with Gasteiger partial charge in [0.05, 0.1) is 13.2 Å². The Balaban J connectivity index is 0.00000176. The molecule has 1 aromatic carbocycles. The molecule has 1 amide bonds. The maximum absolute atomic E-state index is 12.6. The minimum absolute atomic E-state index is 0. The van der Waals surface area contributed by atoms with Crippen molar-refractivity contribution in [3.63, 3.8) is 0 Å². The number of hydrogen-bond donors (Lipinski definition) is 1. The summed E-state index contributed by atoms with van der Waals surface area (Å²) in [5, 5.41) is 3.40. The van der Waals surface area contributed by atoms with Crippen molar-refractivity contribution in [2.45, 2.75) is 31.7 Å². The van der Waals surface area contributed by atoms with Crippen LogP contribution in [-0.2, 0) is 4.79 Å². The number of methoxy groups -OCH3 is 1. The number of nitrogens with one attached hydrogen (secondary N) is 1. The molecule has 1 N–H and O–H groups in total. The molecular weight excluding hydrogens is 300 g/mol. The maximum Gasteiger partial charge on any atom is 0.223 e. The van der Waals surface area contributed by atoms with Gasteiger partial charge in [0, 0.05) is 31.6 Å². The van der Waals surface area contributed by atoms with Crippen LogP contribution in [0.25, 0.3) is 0 Å². The smallest absolute Gasteiger partial charge is 0.223 e. The lowest BCUT2D eigenvalue weighted by atomic mass is 10.0. The Labute approximate surface area is 138 Å². The van der Waals surface area contributed by atoms with Crippen molar-refractivity contribution in [3.05, 3.63) is 29.8 Å². The third kappa shape index (κ3) is 3.93. The van der Waals surface area contributed by atoms with E-state index in [1.165, 1.54) is 12.8 Å². The first-order chi connectivity index (χ1) is 10.3. The predicted octanol–water partition coefficient (Wildman–Crippen LogP) is 2.78. The number of hydrogen-bond acceptors (Lipinski definition) is 3. The van der Waals surface area contributed by atoms with E-state index in [4.69, 9.17) is 4.74 Å². The molecule has 0 radical (unpaired) electrons. The van der Waals surface area contributed by atoms with E-state index in [1.54, 1.807) is 7.11 Å². The van der Waals surface area contributed by atoms with E-state index in [0.29, 0.717) is 12.3 Å². The van der Waals surface area contributed by atoms with Gasteiger partial charge in [-0.15, -0.1) is 12.4 Å². The topological polar surface area (TPSA) is 41.6 Å². The fraction of sp³-hybridized carbons (Fsp3) is 0.588. The molecule has 1 aliphatic heterocycles. The summed E-state index contributed by atoms with van der Waals surface area (Å²) in [6.45, 7) is 2.46. The Kier molecular flexibility index (Phi) is 6.09. The van der Waals surface area contributed by atoms with Crippen LogP contribution in [0.2, 0.25) is 0 Å². The Morgan fingerprint density at radius 3 is 2.86 bits per heavy atom. The van der Waals surface area contributed by atoms with Gasteiger partial charge in [-0.05, 0) is 18.4 Å². The number of piperazine rings is 1. The van der Waals surface area contributed by atoms with Gasteiger partial charge in [0.25, 0.3) is 0 Å². The lowest BCUT2D eigenvalue weighted by molar-refractivity contribution is -0.134. The second-order valence-electron chi connectivity index (χ2n) is 6.03. The molecule has 1 aromatic rings. The fourth-order valence-corrected chi connectivity index (χ4v) is 3.10. The summed E-state index contributed by atoms with van der Waals surface area (Å²) in [7, 11) is 1.69. The van der Waals surface area contributed by atoms with Crippen LogP contribution < -0.4 is 10.1 Å². The van der Waals surface area contributed by atoms with E-state index < -0.39 is 0 Å². The number of carbonyl (C=O) groups is 1. The molecule has 3 rings (SSSR count). The standard InChI is InChI=1S/C17H24N2O2.ClH/c1-21-16-5-3-2-4-14(16)15-12-18-10-11-19(15)17(20)9-8-13-6-7-13;/h2-5,13,15,18H,6-12H2,1H3;1H. The normalized spacial score (nSPS) is 21.1. The number of benzene rings is 1. The number of rotatable bonds is 5. The molecule has 1 atom stereocenters. The molecule has 122 valence electrons. The highest BCUT2D eigenvalue weighted by Crippen LogP contribution is 2.35. The first-order valence-corrected chi connectivity index (χ1v) is 7.92. The molecule has 1 saturated carbocycles. The second kappa shape index (κ2) is 7.84. The number of halogens is 1. The lowest BCUT2D eigenvalue weighted by Crippen LogP contribution is -2.48. The molecule has 0 aromatic heterocycles. The van der Waals surface area contributed by atoms with E-state index in [2.05, 4.69) is 11.4 Å². The van der Waals surface area contributed by atoms with Gasteiger partial charge in [-0.3, -0.25) is 4.79 Å². The molecule has 22 heavy (non-hydrogen) atoms. The molecule has 0 spiro atoms. The summed E-state index contributed by atoms with van der Waals surface area (Å²) in [4.78, 5) is 14.6. The molecule has 1 unspecified atom stereocenters. The average molecular weight is 325 g/mol. The Bertz CT molecular complexity index is 505. The number of carbonyl (C=O) groups excluding carboxylic acids is 1. The van der Waals surface area contributed by atoms with Gasteiger partial charge < -0.3 is 15.0 Å². The van der Waals surface area contributed by atoms with Gasteiger partial charge in [-0.1, -0.05) is 31.0 Å². The van der Waals surface area contributed by atoms with Gasteiger partial charge in [-0.25, -0.2) is 0 Å². The zero-order valence-electron chi connectivity index (χ0n) is 13.1. The van der Waals surface area contributed by atoms with Gasteiger partial charge in [0.2, 0.25) is 5.91 Å². The largest absolute Gasteiger partial charge is 0.496 e. The van der Waals surface area contributed by atoms with E-state index in [-0.39, 0.29) is 18.4 Å². The van der Waals surface area contributed by atoms with E-state index >= 15 is 0 Å². The molecule has 5 heteroatoms. The van der Waals surface area contributed by atoms with Crippen LogP contribution in [0.15, 0.2) is 24.3 Å². The van der Waals surface area contributed by atoms with Gasteiger partial charge in [-0.2, -0.15) is 0 Å². The van der Waals surface area contributed by atoms with Crippen LogP contribution in [0.1, 0.15) is 37.3 Å². The van der Waals surface area contributed by atoms with Crippen molar-refractivity contribution in [1.29, 1.82) is 0 Å². The molecule has 2 fully saturated rings. The van der Waals surface area contributed by atoms with Gasteiger partial charge >= 0.3 is 0 Å². The molecule has 2 aliphatic rings. The average Bonchev–Trinajstić information content (AvgIpc) is 3.37. The van der Waals surface area contributed by atoms with Gasteiger partial charge in [0.15, 0.2) is 0 Å². The Morgan fingerprint density at radius 1 is 1.36 bits per heavy atom. The zero-order chi connectivity index (χ0) is 14.7. The Morgan fingerprint density at radius 2 is 2.14 bits per heavy atom. The third-order valence-corrected chi connectivity index (χ3v) is 4.53. The zero-order valence-corrected chi connectivity index (χ0v) is 13.9. The van der Waals surface area contributed by atoms with E-state index in [9.17, 15) is 4.79 Å². The van der Waals surface area contributed by atoms with Gasteiger partial charge in [0.1, 0.15) is 5.75 Å². The Hall–Kier alpha value is -1.26. The van der Waals surface area contributed by atoms with Crippen molar-refractivity contribution >= 4 is 18.3 Å². The first kappa shape index (κ1) is 17.1. The second-order valence-corrected chi connectivity index (χ2v) is 6.03. The predicted molar refractivity (Wildman–Crippen MR) is 89.5 cm³/mol. The number of nitrogens with zero attached hydrogens (tertiary/aromatic N) is 1. The highest BCUT2D eigenvalue weighted by atomic mass is 35.5. The van der Waals surface area contributed by atoms with Crippen LogP contribution in [0.5, 0.6) is 5.75 Å². The summed E-state index contributed by atoms with van der Waals surface area (Å²) in [5.41, 5.74) is 1.10. The van der Waals surface area contributed by atoms with Crippen molar-refractivity contribution in [1.82, 2.24) is 10.2 Å². The fourth-order valence-electron chi connectivity index (χ4n) is 3.10. The quantitative estimate of drug-likeness (QED) is 0.905. The molecule has 1 heterocycles. The minimum atomic E-state index is 0. The summed E-state index contributed by atoms with van der Waals surface area (Å²) >= 11 is 0. The van der Waals surface area contributed by atoms with Crippen LogP contribution in [0.3, 0.4) is 0 Å².